The minimum atomic E-state index is 0.624. The monoisotopic (exact) mass is 134 g/mol. The van der Waals surface area contributed by atoms with Crippen molar-refractivity contribution < 1.29 is 4.74 Å². The normalized spacial score (nSPS) is 8.40. The Bertz CT molecular complexity index is 262. The van der Waals surface area contributed by atoms with Crippen molar-refractivity contribution in [3.8, 4) is 11.8 Å². The molecule has 1 aromatic carbocycles. The zero-order valence-electron chi connectivity index (χ0n) is 5.66. The lowest BCUT2D eigenvalue weighted by atomic mass is 10.3. The van der Waals surface area contributed by atoms with Gasteiger partial charge in [0, 0.05) is 0 Å². The highest BCUT2D eigenvalue weighted by Crippen LogP contribution is 2.10. The average molecular weight is 134 g/mol. The van der Waals surface area contributed by atoms with Crippen molar-refractivity contribution in [1.29, 1.82) is 5.26 Å². The second-order valence-electron chi connectivity index (χ2n) is 1.84. The zero-order chi connectivity index (χ0) is 7.40. The molecule has 0 aliphatic heterocycles. The first-order chi connectivity index (χ1) is 4.86. The maximum absolute atomic E-state index is 8.45. The molecular weight excluding hydrogens is 127 g/mol. The standard InChI is InChI=1S/C8H7NO/c1-10-8-4-2-3-7(5-8)6-9/h2-5H,1H3/i6+1. The van der Waals surface area contributed by atoms with Crippen molar-refractivity contribution in [2.75, 3.05) is 7.11 Å². The van der Waals surface area contributed by atoms with Crippen LogP contribution in [0.1, 0.15) is 5.56 Å². The van der Waals surface area contributed by atoms with E-state index in [9.17, 15) is 0 Å². The van der Waals surface area contributed by atoms with Gasteiger partial charge in [-0.3, -0.25) is 0 Å². The molecule has 0 atom stereocenters. The summed E-state index contributed by atoms with van der Waals surface area (Å²) in [6.07, 6.45) is 0. The van der Waals surface area contributed by atoms with Gasteiger partial charge in [0.05, 0.1) is 18.7 Å². The minimum Gasteiger partial charge on any atom is -0.497 e. The summed E-state index contributed by atoms with van der Waals surface area (Å²) in [5.41, 5.74) is 0.624. The molecule has 0 N–H and O–H groups in total. The predicted molar refractivity (Wildman–Crippen MR) is 37.7 cm³/mol. The Kier molecular flexibility index (Phi) is 1.91. The van der Waals surface area contributed by atoms with E-state index in [0.717, 1.165) is 5.75 Å². The fourth-order valence-electron chi connectivity index (χ4n) is 0.693. The van der Waals surface area contributed by atoms with Crippen molar-refractivity contribution in [2.24, 2.45) is 0 Å². The number of benzene rings is 1. The van der Waals surface area contributed by atoms with Gasteiger partial charge in [-0.05, 0) is 18.2 Å². The van der Waals surface area contributed by atoms with E-state index in [1.807, 2.05) is 6.07 Å². The summed E-state index contributed by atoms with van der Waals surface area (Å²) in [6, 6.07) is 9.05. The van der Waals surface area contributed by atoms with Gasteiger partial charge in [0.25, 0.3) is 0 Å². The van der Waals surface area contributed by atoms with Crippen molar-refractivity contribution >= 4 is 0 Å². The molecule has 0 unspecified atom stereocenters. The van der Waals surface area contributed by atoms with Crippen LogP contribution in [0.5, 0.6) is 5.75 Å². The molecule has 50 valence electrons. The summed E-state index contributed by atoms with van der Waals surface area (Å²) < 4.78 is 4.91. The molecule has 1 rings (SSSR count). The van der Waals surface area contributed by atoms with Gasteiger partial charge < -0.3 is 4.74 Å². The Balaban J connectivity index is 3.01. The molecule has 2 heteroatoms. The summed E-state index contributed by atoms with van der Waals surface area (Å²) >= 11 is 0. The molecule has 0 fully saturated rings. The molecule has 0 spiro atoms. The predicted octanol–water partition coefficient (Wildman–Crippen LogP) is 1.57. The van der Waals surface area contributed by atoms with Crippen LogP contribution in [0.2, 0.25) is 0 Å². The molecule has 1 aromatic rings. The van der Waals surface area contributed by atoms with Crippen LogP contribution >= 0.6 is 0 Å². The number of methoxy groups -OCH3 is 1. The Morgan fingerprint density at radius 1 is 1.50 bits per heavy atom. The first-order valence-electron chi connectivity index (χ1n) is 2.91. The lowest BCUT2D eigenvalue weighted by Crippen LogP contribution is -1.82. The van der Waals surface area contributed by atoms with Gasteiger partial charge in [-0.25, -0.2) is 0 Å². The van der Waals surface area contributed by atoms with E-state index in [4.69, 9.17) is 10.00 Å². The molecule has 0 aromatic heterocycles. The number of hydrogen-bond acceptors (Lipinski definition) is 2. The number of nitrogens with zero attached hydrogens (tertiary/aromatic N) is 1. The van der Waals surface area contributed by atoms with Crippen molar-refractivity contribution in [1.82, 2.24) is 0 Å². The van der Waals surface area contributed by atoms with E-state index in [-0.39, 0.29) is 0 Å². The third-order valence-corrected chi connectivity index (χ3v) is 1.20. The maximum atomic E-state index is 8.45. The summed E-state index contributed by atoms with van der Waals surface area (Å²) in [4.78, 5) is 0. The highest BCUT2D eigenvalue weighted by molar-refractivity contribution is 5.35. The Hall–Kier alpha value is -1.49. The first-order valence-corrected chi connectivity index (χ1v) is 2.91. The SMILES string of the molecule is COc1cccc([13C]#N)c1. The van der Waals surface area contributed by atoms with E-state index in [1.54, 1.807) is 31.4 Å². The van der Waals surface area contributed by atoms with Crippen molar-refractivity contribution in [2.45, 2.75) is 0 Å². The van der Waals surface area contributed by atoms with Crippen LogP contribution in [0.15, 0.2) is 24.3 Å². The summed E-state index contributed by atoms with van der Waals surface area (Å²) in [6.45, 7) is 0. The molecule has 0 heterocycles. The van der Waals surface area contributed by atoms with E-state index in [0.29, 0.717) is 5.56 Å². The highest BCUT2D eigenvalue weighted by Gasteiger charge is 1.90. The van der Waals surface area contributed by atoms with E-state index < -0.39 is 0 Å². The average Bonchev–Trinajstić information content (AvgIpc) is 2.05. The van der Waals surface area contributed by atoms with Crippen LogP contribution in [-0.2, 0) is 0 Å². The quantitative estimate of drug-likeness (QED) is 0.546. The van der Waals surface area contributed by atoms with Gasteiger partial charge in [0.15, 0.2) is 0 Å². The van der Waals surface area contributed by atoms with E-state index in [2.05, 4.69) is 0 Å². The molecule has 0 radical (unpaired) electrons. The Morgan fingerprint density at radius 3 is 2.90 bits per heavy atom. The van der Waals surface area contributed by atoms with Crippen LogP contribution in [0.4, 0.5) is 0 Å². The Morgan fingerprint density at radius 2 is 2.30 bits per heavy atom. The second-order valence-corrected chi connectivity index (χ2v) is 1.84. The van der Waals surface area contributed by atoms with Crippen LogP contribution in [0.3, 0.4) is 0 Å². The van der Waals surface area contributed by atoms with Crippen LogP contribution < -0.4 is 4.74 Å². The third kappa shape index (κ3) is 1.26. The molecular formula is C8H7NO. The number of hydrogen-bond donors (Lipinski definition) is 0. The molecule has 0 aliphatic carbocycles. The molecule has 0 aliphatic rings. The maximum Gasteiger partial charge on any atom is 0.120 e. The van der Waals surface area contributed by atoms with Gasteiger partial charge in [-0.15, -0.1) is 0 Å². The fourth-order valence-corrected chi connectivity index (χ4v) is 0.693. The van der Waals surface area contributed by atoms with Gasteiger partial charge in [-0.2, -0.15) is 5.26 Å². The topological polar surface area (TPSA) is 33.0 Å². The molecule has 0 bridgehead atoms. The zero-order valence-corrected chi connectivity index (χ0v) is 5.66. The van der Waals surface area contributed by atoms with Crippen LogP contribution in [0, 0.1) is 11.3 Å². The van der Waals surface area contributed by atoms with Crippen LogP contribution in [0.25, 0.3) is 0 Å². The van der Waals surface area contributed by atoms with Gasteiger partial charge >= 0.3 is 0 Å². The lowest BCUT2D eigenvalue weighted by Gasteiger charge is -1.96. The van der Waals surface area contributed by atoms with Crippen molar-refractivity contribution in [3.05, 3.63) is 29.8 Å². The van der Waals surface area contributed by atoms with Gasteiger partial charge in [0.2, 0.25) is 0 Å². The highest BCUT2D eigenvalue weighted by atomic mass is 16.5. The first kappa shape index (κ1) is 6.63. The third-order valence-electron chi connectivity index (χ3n) is 1.20. The van der Waals surface area contributed by atoms with Crippen molar-refractivity contribution in [3.63, 3.8) is 0 Å². The largest absolute Gasteiger partial charge is 0.497 e. The smallest absolute Gasteiger partial charge is 0.120 e. The van der Waals surface area contributed by atoms with E-state index >= 15 is 0 Å². The number of ether oxygens (including phenoxy) is 1. The molecule has 10 heavy (non-hydrogen) atoms. The summed E-state index contributed by atoms with van der Waals surface area (Å²) in [5, 5.41) is 8.45. The minimum absolute atomic E-state index is 0.624. The fraction of sp³-hybridized carbons (Fsp3) is 0.125. The molecule has 2 nitrogen and oxygen atoms in total. The number of rotatable bonds is 1. The van der Waals surface area contributed by atoms with Crippen LogP contribution in [-0.4, -0.2) is 7.11 Å². The summed E-state index contributed by atoms with van der Waals surface area (Å²) in [7, 11) is 1.58. The Labute approximate surface area is 59.7 Å². The second kappa shape index (κ2) is 2.88. The molecule has 0 saturated heterocycles. The lowest BCUT2D eigenvalue weighted by molar-refractivity contribution is 0.414. The summed E-state index contributed by atoms with van der Waals surface area (Å²) in [5.74, 6) is 0.721. The number of nitriles is 1. The molecule has 0 saturated carbocycles. The molecule has 0 amide bonds. The van der Waals surface area contributed by atoms with Gasteiger partial charge in [0.1, 0.15) is 5.75 Å². The van der Waals surface area contributed by atoms with E-state index in [1.165, 1.54) is 0 Å². The van der Waals surface area contributed by atoms with Gasteiger partial charge in [-0.1, -0.05) is 6.07 Å².